The maximum absolute atomic E-state index is 13.4. The summed E-state index contributed by atoms with van der Waals surface area (Å²) in [6.45, 7) is 15.2. The van der Waals surface area contributed by atoms with E-state index in [1.807, 2.05) is 40.7 Å². The lowest BCUT2D eigenvalue weighted by atomic mass is 9.83. The highest BCUT2D eigenvalue weighted by atomic mass is 16.8. The first-order chi connectivity index (χ1) is 16.2. The van der Waals surface area contributed by atoms with Gasteiger partial charge in [0.25, 0.3) is 0 Å². The van der Waals surface area contributed by atoms with E-state index in [1.54, 1.807) is 20.0 Å². The molecule has 2 heterocycles. The van der Waals surface area contributed by atoms with Crippen LogP contribution in [0.2, 0.25) is 0 Å². The first-order valence-corrected chi connectivity index (χ1v) is 13.0. The van der Waals surface area contributed by atoms with Crippen molar-refractivity contribution < 1.29 is 23.8 Å². The van der Waals surface area contributed by atoms with Crippen molar-refractivity contribution in [3.8, 4) is 0 Å². The van der Waals surface area contributed by atoms with E-state index in [1.165, 1.54) is 24.8 Å². The molecule has 1 aliphatic heterocycles. The van der Waals surface area contributed by atoms with Gasteiger partial charge in [-0.3, -0.25) is 4.98 Å². The number of amides is 1. The molecule has 1 aromatic rings. The van der Waals surface area contributed by atoms with E-state index in [2.05, 4.69) is 23.3 Å². The molecule has 2 fully saturated rings. The fourth-order valence-corrected chi connectivity index (χ4v) is 4.97. The normalized spacial score (nSPS) is 23.6. The monoisotopic (exact) mass is 488 g/mol. The molecule has 0 radical (unpaired) electrons. The Kier molecular flexibility index (Phi) is 8.19. The molecule has 1 saturated heterocycles. The molecule has 1 aromatic heterocycles. The van der Waals surface area contributed by atoms with Crippen molar-refractivity contribution in [2.75, 3.05) is 0 Å². The number of nitrogens with zero attached hydrogens (tertiary/aromatic N) is 1. The minimum Gasteiger partial charge on any atom is -0.444 e. The summed E-state index contributed by atoms with van der Waals surface area (Å²) in [7, 11) is 0. The van der Waals surface area contributed by atoms with Gasteiger partial charge in [0.1, 0.15) is 5.60 Å². The minimum absolute atomic E-state index is 0.189. The van der Waals surface area contributed by atoms with Gasteiger partial charge in [-0.15, -0.1) is 0 Å². The Bertz CT molecular complexity index is 903. The fourth-order valence-electron chi connectivity index (χ4n) is 4.97. The van der Waals surface area contributed by atoms with Crippen molar-refractivity contribution in [3.05, 3.63) is 29.6 Å². The molecule has 196 valence electrons. The summed E-state index contributed by atoms with van der Waals surface area (Å²) in [6.07, 6.45) is 6.86. The first-order valence-electron chi connectivity index (χ1n) is 13.0. The SMILES string of the molecule is CC(C)C[C@H](NC(=O)OC(C)(C)C)[C@@]1(Cc2cc(CC(C)CC3CC3)ccn2)OC(C)(C)OC1=O. The molecule has 0 aromatic carbocycles. The average molecular weight is 489 g/mol. The van der Waals surface area contributed by atoms with Crippen molar-refractivity contribution in [1.29, 1.82) is 0 Å². The minimum atomic E-state index is -1.41. The van der Waals surface area contributed by atoms with E-state index in [4.69, 9.17) is 14.2 Å². The van der Waals surface area contributed by atoms with E-state index >= 15 is 0 Å². The summed E-state index contributed by atoms with van der Waals surface area (Å²) in [6, 6.07) is 3.46. The van der Waals surface area contributed by atoms with E-state index in [9.17, 15) is 9.59 Å². The number of pyridine rings is 1. The molecule has 0 bridgehead atoms. The Morgan fingerprint density at radius 2 is 1.94 bits per heavy atom. The maximum atomic E-state index is 13.4. The molecule has 7 heteroatoms. The van der Waals surface area contributed by atoms with Gasteiger partial charge in [0, 0.05) is 32.2 Å². The molecule has 1 amide bonds. The summed E-state index contributed by atoms with van der Waals surface area (Å²) in [4.78, 5) is 30.8. The zero-order valence-corrected chi connectivity index (χ0v) is 22.8. The van der Waals surface area contributed by atoms with Crippen LogP contribution in [-0.2, 0) is 31.8 Å². The second-order valence-corrected chi connectivity index (χ2v) is 12.4. The van der Waals surface area contributed by atoms with Crippen LogP contribution >= 0.6 is 0 Å². The van der Waals surface area contributed by atoms with Gasteiger partial charge in [-0.2, -0.15) is 0 Å². The number of esters is 1. The molecule has 35 heavy (non-hydrogen) atoms. The number of alkyl carbamates (subject to hydrolysis) is 1. The molecular formula is C28H44N2O5. The zero-order valence-electron chi connectivity index (χ0n) is 22.8. The zero-order chi connectivity index (χ0) is 26.0. The van der Waals surface area contributed by atoms with Crippen LogP contribution in [0.5, 0.6) is 0 Å². The summed E-state index contributed by atoms with van der Waals surface area (Å²) >= 11 is 0. The summed E-state index contributed by atoms with van der Waals surface area (Å²) in [5, 5.41) is 2.94. The molecule has 0 spiro atoms. The van der Waals surface area contributed by atoms with E-state index in [0.29, 0.717) is 12.3 Å². The Hall–Kier alpha value is -2.15. The van der Waals surface area contributed by atoms with Crippen LogP contribution in [0, 0.1) is 17.8 Å². The predicted octanol–water partition coefficient (Wildman–Crippen LogP) is 5.59. The lowest BCUT2D eigenvalue weighted by molar-refractivity contribution is -0.170. The molecule has 1 unspecified atom stereocenters. The van der Waals surface area contributed by atoms with Gasteiger partial charge in [0.2, 0.25) is 5.79 Å². The third-order valence-corrected chi connectivity index (χ3v) is 6.41. The van der Waals surface area contributed by atoms with Gasteiger partial charge >= 0.3 is 12.1 Å². The smallest absolute Gasteiger partial charge is 0.407 e. The summed E-state index contributed by atoms with van der Waals surface area (Å²) in [5.74, 6) is 0.0706. The summed E-state index contributed by atoms with van der Waals surface area (Å²) < 4.78 is 17.5. The van der Waals surface area contributed by atoms with Crippen LogP contribution in [0.3, 0.4) is 0 Å². The number of cyclic esters (lactones) is 1. The van der Waals surface area contributed by atoms with Crippen molar-refractivity contribution in [2.45, 2.75) is 117 Å². The highest BCUT2D eigenvalue weighted by Gasteiger charge is 2.59. The quantitative estimate of drug-likeness (QED) is 0.432. The number of hydrogen-bond donors (Lipinski definition) is 1. The van der Waals surface area contributed by atoms with Gasteiger partial charge in [0.15, 0.2) is 5.60 Å². The largest absolute Gasteiger partial charge is 0.444 e. The lowest BCUT2D eigenvalue weighted by Crippen LogP contribution is -2.59. The molecule has 1 N–H and O–H groups in total. The third-order valence-electron chi connectivity index (χ3n) is 6.41. The fraction of sp³-hybridized carbons (Fsp3) is 0.750. The van der Waals surface area contributed by atoms with Gasteiger partial charge in [-0.1, -0.05) is 33.6 Å². The molecular weight excluding hydrogens is 444 g/mol. The van der Waals surface area contributed by atoms with E-state index < -0.39 is 35.1 Å². The van der Waals surface area contributed by atoms with Crippen molar-refractivity contribution in [3.63, 3.8) is 0 Å². The number of ether oxygens (including phenoxy) is 3. The number of aromatic nitrogens is 1. The summed E-state index contributed by atoms with van der Waals surface area (Å²) in [5.41, 5.74) is -0.126. The van der Waals surface area contributed by atoms with Gasteiger partial charge < -0.3 is 19.5 Å². The van der Waals surface area contributed by atoms with Crippen molar-refractivity contribution >= 4 is 12.1 Å². The molecule has 7 nitrogen and oxygen atoms in total. The second-order valence-electron chi connectivity index (χ2n) is 12.4. The van der Waals surface area contributed by atoms with E-state index in [0.717, 1.165) is 18.0 Å². The number of carbonyl (C=O) groups is 2. The Labute approximate surface area is 210 Å². The Balaban J connectivity index is 1.88. The number of rotatable bonds is 10. The van der Waals surface area contributed by atoms with Gasteiger partial charge in [-0.25, -0.2) is 9.59 Å². The van der Waals surface area contributed by atoms with Gasteiger partial charge in [0.05, 0.1) is 6.04 Å². The Morgan fingerprint density at radius 3 is 2.49 bits per heavy atom. The van der Waals surface area contributed by atoms with Crippen molar-refractivity contribution in [1.82, 2.24) is 10.3 Å². The molecule has 1 aliphatic carbocycles. The molecule has 2 aliphatic rings. The van der Waals surface area contributed by atoms with E-state index in [-0.39, 0.29) is 12.3 Å². The number of carbonyl (C=O) groups excluding carboxylic acids is 2. The van der Waals surface area contributed by atoms with Crippen molar-refractivity contribution in [2.24, 2.45) is 17.8 Å². The van der Waals surface area contributed by atoms with Crippen LogP contribution in [0.25, 0.3) is 0 Å². The Morgan fingerprint density at radius 1 is 1.26 bits per heavy atom. The van der Waals surface area contributed by atoms with Crippen LogP contribution in [0.15, 0.2) is 18.3 Å². The average Bonchev–Trinajstić information content (AvgIpc) is 3.44. The second kappa shape index (κ2) is 10.5. The predicted molar refractivity (Wildman–Crippen MR) is 135 cm³/mol. The lowest BCUT2D eigenvalue weighted by Gasteiger charge is -2.36. The highest BCUT2D eigenvalue weighted by Crippen LogP contribution is 2.40. The molecule has 3 atom stereocenters. The van der Waals surface area contributed by atoms with Crippen LogP contribution in [0.4, 0.5) is 4.79 Å². The maximum Gasteiger partial charge on any atom is 0.407 e. The first kappa shape index (κ1) is 27.4. The topological polar surface area (TPSA) is 86.8 Å². The molecule has 1 saturated carbocycles. The van der Waals surface area contributed by atoms with Crippen LogP contribution in [-0.4, -0.2) is 40.1 Å². The third kappa shape index (κ3) is 7.92. The molecule has 3 rings (SSSR count). The number of nitrogens with one attached hydrogen (secondary N) is 1. The highest BCUT2D eigenvalue weighted by molar-refractivity contribution is 5.84. The standard InChI is InChI=1S/C28H44N2O5/c1-18(2)13-23(30-25(32)34-26(4,5)6)28(24(31)33-27(7,8)35-28)17-22-16-21(11-12-29-22)15-19(3)14-20-9-10-20/h11-12,16,18-20,23H,9-10,13-15,17H2,1-8H3,(H,30,32)/t19?,23-,28+/m0/s1. The number of hydrogen-bond acceptors (Lipinski definition) is 6. The van der Waals surface area contributed by atoms with Gasteiger partial charge in [-0.05, 0) is 75.5 Å². The van der Waals surface area contributed by atoms with Crippen LogP contribution in [0.1, 0.15) is 92.3 Å². The van der Waals surface area contributed by atoms with Crippen LogP contribution < -0.4 is 5.32 Å².